The number of anilines is 2. The number of carboxylic acids is 1. The molecular weight excluding hydrogens is 398 g/mol. The topological polar surface area (TPSA) is 148 Å². The smallest absolute Gasteiger partial charge is 0.335 e. The molecule has 0 saturated heterocycles. The zero-order valence-electron chi connectivity index (χ0n) is 16.1. The first-order chi connectivity index (χ1) is 13.6. The van der Waals surface area contributed by atoms with Crippen molar-refractivity contribution in [3.05, 3.63) is 42.0 Å². The van der Waals surface area contributed by atoms with Crippen LogP contribution in [0.3, 0.4) is 0 Å². The third kappa shape index (κ3) is 6.19. The summed E-state index contributed by atoms with van der Waals surface area (Å²) in [4.78, 5) is 22.2. The Kier molecular flexibility index (Phi) is 7.18. The monoisotopic (exact) mass is 421 g/mol. The van der Waals surface area contributed by atoms with Crippen molar-refractivity contribution in [2.24, 2.45) is 5.14 Å². The minimum atomic E-state index is -4.29. The summed E-state index contributed by atoms with van der Waals surface area (Å²) in [5.41, 5.74) is 0.398. The highest BCUT2D eigenvalue weighted by Gasteiger charge is 2.23. The van der Waals surface area contributed by atoms with Gasteiger partial charge in [0.15, 0.2) is 5.75 Å². The molecule has 1 amide bonds. The molecule has 2 aromatic carbocycles. The van der Waals surface area contributed by atoms with Crippen LogP contribution >= 0.6 is 0 Å². The summed E-state index contributed by atoms with van der Waals surface area (Å²) in [6, 6.07) is 8.58. The third-order valence-electron chi connectivity index (χ3n) is 3.83. The number of ether oxygens (including phenoxy) is 1. The number of benzene rings is 2. The molecule has 0 aliphatic rings. The Morgan fingerprint density at radius 3 is 2.52 bits per heavy atom. The fourth-order valence-electron chi connectivity index (χ4n) is 2.53. The SMILES string of the molecule is CCCCNc1cc(C(=O)O)cc(S(N)(=O)=O)c1Oc1cccc(NC(C)=O)c1. The molecule has 0 bridgehead atoms. The van der Waals surface area contributed by atoms with Crippen LogP contribution < -0.4 is 20.5 Å². The molecule has 9 nitrogen and oxygen atoms in total. The number of hydrogen-bond acceptors (Lipinski definition) is 6. The van der Waals surface area contributed by atoms with Gasteiger partial charge in [0.05, 0.1) is 11.3 Å². The lowest BCUT2D eigenvalue weighted by Gasteiger charge is -2.17. The van der Waals surface area contributed by atoms with Crippen molar-refractivity contribution in [2.75, 3.05) is 17.2 Å². The van der Waals surface area contributed by atoms with Crippen molar-refractivity contribution < 1.29 is 27.9 Å². The zero-order chi connectivity index (χ0) is 21.6. The van der Waals surface area contributed by atoms with Crippen LogP contribution in [0.1, 0.15) is 37.0 Å². The lowest BCUT2D eigenvalue weighted by Crippen LogP contribution is -2.16. The number of carboxylic acid groups (broad SMARTS) is 1. The number of amides is 1. The first kappa shape index (κ1) is 22.2. The van der Waals surface area contributed by atoms with Gasteiger partial charge >= 0.3 is 5.97 Å². The molecular formula is C19H23N3O6S. The largest absolute Gasteiger partial charge is 0.478 e. The Labute approximate surface area is 168 Å². The third-order valence-corrected chi connectivity index (χ3v) is 4.74. The molecule has 0 heterocycles. The predicted octanol–water partition coefficient (Wildman–Crippen LogP) is 2.99. The average Bonchev–Trinajstić information content (AvgIpc) is 2.61. The van der Waals surface area contributed by atoms with E-state index < -0.39 is 20.9 Å². The number of rotatable bonds is 9. The number of primary sulfonamides is 1. The molecule has 0 aromatic heterocycles. The molecule has 10 heteroatoms. The Balaban J connectivity index is 2.57. The van der Waals surface area contributed by atoms with Crippen LogP contribution in [0.5, 0.6) is 11.5 Å². The van der Waals surface area contributed by atoms with Gasteiger partial charge in [-0.3, -0.25) is 4.79 Å². The van der Waals surface area contributed by atoms with E-state index in [9.17, 15) is 23.1 Å². The molecule has 0 saturated carbocycles. The van der Waals surface area contributed by atoms with Gasteiger partial charge in [-0.15, -0.1) is 0 Å². The Hall–Kier alpha value is -3.11. The van der Waals surface area contributed by atoms with E-state index in [0.717, 1.165) is 18.9 Å². The maximum absolute atomic E-state index is 12.1. The van der Waals surface area contributed by atoms with Crippen molar-refractivity contribution in [2.45, 2.75) is 31.6 Å². The second-order valence-electron chi connectivity index (χ2n) is 6.29. The van der Waals surface area contributed by atoms with Crippen molar-refractivity contribution >= 4 is 33.3 Å². The van der Waals surface area contributed by atoms with Crippen LogP contribution in [0.4, 0.5) is 11.4 Å². The molecule has 0 unspecified atom stereocenters. The number of sulfonamides is 1. The molecule has 0 atom stereocenters. The minimum Gasteiger partial charge on any atom is -0.478 e. The van der Waals surface area contributed by atoms with Crippen LogP contribution in [-0.2, 0) is 14.8 Å². The molecule has 0 aliphatic carbocycles. The Bertz CT molecular complexity index is 1020. The maximum Gasteiger partial charge on any atom is 0.335 e. The van der Waals surface area contributed by atoms with Gasteiger partial charge in [0.25, 0.3) is 0 Å². The van der Waals surface area contributed by atoms with E-state index in [0.29, 0.717) is 12.2 Å². The number of nitrogens with two attached hydrogens (primary N) is 1. The molecule has 156 valence electrons. The van der Waals surface area contributed by atoms with Crippen molar-refractivity contribution in [1.82, 2.24) is 0 Å². The van der Waals surface area contributed by atoms with Crippen LogP contribution in [0.2, 0.25) is 0 Å². The molecule has 5 N–H and O–H groups in total. The lowest BCUT2D eigenvalue weighted by atomic mass is 10.1. The summed E-state index contributed by atoms with van der Waals surface area (Å²) in [6.07, 6.45) is 1.65. The van der Waals surface area contributed by atoms with Gasteiger partial charge in [-0.1, -0.05) is 19.4 Å². The average molecular weight is 421 g/mol. The standard InChI is InChI=1S/C19H23N3O6S/c1-3-4-8-21-16-9-13(19(24)25)10-17(29(20,26)27)18(16)28-15-7-5-6-14(11-15)22-12(2)23/h5-7,9-11,21H,3-4,8H2,1-2H3,(H,22,23)(H,24,25)(H2,20,26,27). The number of unbranched alkanes of at least 4 members (excludes halogenated alkanes) is 1. The number of nitrogens with one attached hydrogen (secondary N) is 2. The Morgan fingerprint density at radius 1 is 1.21 bits per heavy atom. The van der Waals surface area contributed by atoms with Gasteiger partial charge in [0, 0.05) is 25.2 Å². The van der Waals surface area contributed by atoms with E-state index in [1.54, 1.807) is 18.2 Å². The summed E-state index contributed by atoms with van der Waals surface area (Å²) in [7, 11) is -4.29. The van der Waals surface area contributed by atoms with Gasteiger partial charge in [-0.25, -0.2) is 18.4 Å². The maximum atomic E-state index is 12.1. The minimum absolute atomic E-state index is 0.117. The Morgan fingerprint density at radius 2 is 1.93 bits per heavy atom. The summed E-state index contributed by atoms with van der Waals surface area (Å²) in [5.74, 6) is -1.45. The van der Waals surface area contributed by atoms with Gasteiger partial charge in [0.2, 0.25) is 15.9 Å². The van der Waals surface area contributed by atoms with Gasteiger partial charge < -0.3 is 20.5 Å². The number of carbonyl (C=O) groups excluding carboxylic acids is 1. The second kappa shape index (κ2) is 9.39. The summed E-state index contributed by atoms with van der Waals surface area (Å²) in [5, 5.41) is 20.3. The predicted molar refractivity (Wildman–Crippen MR) is 109 cm³/mol. The van der Waals surface area contributed by atoms with Crippen LogP contribution in [0, 0.1) is 0 Å². The first-order valence-corrected chi connectivity index (χ1v) is 10.4. The lowest BCUT2D eigenvalue weighted by molar-refractivity contribution is -0.114. The van der Waals surface area contributed by atoms with Gasteiger partial charge in [-0.05, 0) is 30.7 Å². The highest BCUT2D eigenvalue weighted by Crippen LogP contribution is 2.37. The number of aromatic carboxylic acids is 1. The van der Waals surface area contributed by atoms with E-state index in [4.69, 9.17) is 9.88 Å². The van der Waals surface area contributed by atoms with Gasteiger partial charge in [-0.2, -0.15) is 0 Å². The second-order valence-corrected chi connectivity index (χ2v) is 7.82. The van der Waals surface area contributed by atoms with E-state index in [1.807, 2.05) is 6.92 Å². The van der Waals surface area contributed by atoms with E-state index >= 15 is 0 Å². The molecule has 0 spiro atoms. The fraction of sp³-hybridized carbons (Fsp3) is 0.263. The summed E-state index contributed by atoms with van der Waals surface area (Å²) in [6.45, 7) is 3.81. The number of carbonyl (C=O) groups is 2. The normalized spacial score (nSPS) is 11.0. The highest BCUT2D eigenvalue weighted by atomic mass is 32.2. The van der Waals surface area contributed by atoms with E-state index in [-0.39, 0.29) is 28.7 Å². The van der Waals surface area contributed by atoms with Crippen LogP contribution in [0.15, 0.2) is 41.3 Å². The van der Waals surface area contributed by atoms with Crippen LogP contribution in [0.25, 0.3) is 0 Å². The molecule has 2 rings (SSSR count). The van der Waals surface area contributed by atoms with Crippen molar-refractivity contribution in [3.8, 4) is 11.5 Å². The zero-order valence-corrected chi connectivity index (χ0v) is 16.9. The molecule has 0 aliphatic heterocycles. The van der Waals surface area contributed by atoms with Crippen molar-refractivity contribution in [1.29, 1.82) is 0 Å². The molecule has 2 aromatic rings. The quantitative estimate of drug-likeness (QED) is 0.455. The molecule has 0 fully saturated rings. The van der Waals surface area contributed by atoms with Crippen LogP contribution in [-0.4, -0.2) is 31.9 Å². The van der Waals surface area contributed by atoms with Gasteiger partial charge in [0.1, 0.15) is 10.6 Å². The first-order valence-electron chi connectivity index (χ1n) is 8.85. The number of hydrogen-bond donors (Lipinski definition) is 4. The van der Waals surface area contributed by atoms with Crippen molar-refractivity contribution in [3.63, 3.8) is 0 Å². The summed E-state index contributed by atoms with van der Waals surface area (Å²) >= 11 is 0. The molecule has 29 heavy (non-hydrogen) atoms. The van der Waals surface area contributed by atoms with E-state index in [1.165, 1.54) is 19.1 Å². The summed E-state index contributed by atoms with van der Waals surface area (Å²) < 4.78 is 30.1. The highest BCUT2D eigenvalue weighted by molar-refractivity contribution is 7.89. The molecule has 0 radical (unpaired) electrons. The van der Waals surface area contributed by atoms with E-state index in [2.05, 4.69) is 10.6 Å². The fourth-order valence-corrected chi connectivity index (χ4v) is 3.23.